The van der Waals surface area contributed by atoms with E-state index in [1.807, 2.05) is 17.9 Å². The second kappa shape index (κ2) is 6.25. The van der Waals surface area contributed by atoms with Crippen LogP contribution in [0.5, 0.6) is 0 Å². The highest BCUT2D eigenvalue weighted by Gasteiger charge is 2.15. The van der Waals surface area contributed by atoms with E-state index in [0.717, 1.165) is 29.0 Å². The summed E-state index contributed by atoms with van der Waals surface area (Å²) in [6.45, 7) is 8.34. The van der Waals surface area contributed by atoms with E-state index in [2.05, 4.69) is 41.2 Å². The van der Waals surface area contributed by atoms with Crippen LogP contribution in [0.15, 0.2) is 22.6 Å². The van der Waals surface area contributed by atoms with Gasteiger partial charge in [0.1, 0.15) is 5.03 Å². The highest BCUT2D eigenvalue weighted by atomic mass is 32.2. The Morgan fingerprint density at radius 2 is 2.26 bits per heavy atom. The van der Waals surface area contributed by atoms with Crippen LogP contribution in [0.2, 0.25) is 0 Å². The summed E-state index contributed by atoms with van der Waals surface area (Å²) < 4.78 is 1.93. The third-order valence-electron chi connectivity index (χ3n) is 2.81. The Kier molecular flexibility index (Phi) is 4.66. The van der Waals surface area contributed by atoms with Crippen LogP contribution in [-0.4, -0.2) is 26.3 Å². The molecule has 0 aliphatic rings. The molecule has 0 fully saturated rings. The fourth-order valence-electron chi connectivity index (χ4n) is 1.90. The number of nitrogens with zero attached hydrogens (tertiary/aromatic N) is 3. The van der Waals surface area contributed by atoms with Gasteiger partial charge in [0.05, 0.1) is 5.69 Å². The van der Waals surface area contributed by atoms with Crippen molar-refractivity contribution in [3.8, 4) is 0 Å². The Bertz CT molecular complexity index is 515. The molecule has 0 spiro atoms. The topological polar surface area (TPSA) is 58.5 Å². The van der Waals surface area contributed by atoms with E-state index in [4.69, 9.17) is 0 Å². The maximum atomic E-state index is 4.50. The lowest BCUT2D eigenvalue weighted by Gasteiger charge is -2.08. The van der Waals surface area contributed by atoms with Gasteiger partial charge in [-0.1, -0.05) is 13.8 Å². The number of aromatic nitrogens is 4. The van der Waals surface area contributed by atoms with Gasteiger partial charge in [-0.25, -0.2) is 4.98 Å². The van der Waals surface area contributed by atoms with Gasteiger partial charge in [-0.2, -0.15) is 5.10 Å². The first-order valence-electron chi connectivity index (χ1n) is 6.48. The summed E-state index contributed by atoms with van der Waals surface area (Å²) in [6.07, 6.45) is 3.60. The number of aryl methyl sites for hydroxylation is 2. The predicted molar refractivity (Wildman–Crippen MR) is 77.2 cm³/mol. The van der Waals surface area contributed by atoms with E-state index in [1.54, 1.807) is 18.0 Å². The van der Waals surface area contributed by atoms with Gasteiger partial charge in [0.2, 0.25) is 0 Å². The van der Waals surface area contributed by atoms with E-state index in [0.29, 0.717) is 5.92 Å². The maximum Gasteiger partial charge on any atom is 0.171 e. The molecule has 0 aliphatic carbocycles. The maximum absolute atomic E-state index is 4.50. The van der Waals surface area contributed by atoms with Gasteiger partial charge in [0, 0.05) is 31.5 Å². The molecule has 2 rings (SSSR count). The molecule has 6 heteroatoms. The minimum absolute atomic E-state index is 0.651. The standard InChI is InChI=1S/C13H21N5S/c1-9(2)7-14-8-11-10(3)17-18(4)12(11)19-13-15-5-6-16-13/h5-6,9,14H,7-8H2,1-4H3,(H,15,16). The summed E-state index contributed by atoms with van der Waals surface area (Å²) in [5.41, 5.74) is 2.33. The predicted octanol–water partition coefficient (Wildman–Crippen LogP) is 2.35. The van der Waals surface area contributed by atoms with Crippen LogP contribution in [0.25, 0.3) is 0 Å². The number of aromatic amines is 1. The summed E-state index contributed by atoms with van der Waals surface area (Å²) in [7, 11) is 1.98. The Balaban J connectivity index is 2.12. The lowest BCUT2D eigenvalue weighted by molar-refractivity contribution is 0.548. The van der Waals surface area contributed by atoms with Crippen molar-refractivity contribution in [3.63, 3.8) is 0 Å². The fraction of sp³-hybridized carbons (Fsp3) is 0.538. The highest BCUT2D eigenvalue weighted by Crippen LogP contribution is 2.29. The third kappa shape index (κ3) is 3.61. The molecule has 2 aromatic heterocycles. The first-order valence-corrected chi connectivity index (χ1v) is 7.30. The molecular weight excluding hydrogens is 258 g/mol. The van der Waals surface area contributed by atoms with Crippen molar-refractivity contribution < 1.29 is 0 Å². The van der Waals surface area contributed by atoms with E-state index in [1.165, 1.54) is 5.56 Å². The first kappa shape index (κ1) is 14.1. The van der Waals surface area contributed by atoms with Gasteiger partial charge in [-0.3, -0.25) is 4.68 Å². The molecule has 0 aliphatic heterocycles. The minimum Gasteiger partial charge on any atom is -0.339 e. The molecule has 0 atom stereocenters. The van der Waals surface area contributed by atoms with Crippen LogP contribution in [0, 0.1) is 12.8 Å². The molecule has 0 saturated heterocycles. The molecule has 5 nitrogen and oxygen atoms in total. The quantitative estimate of drug-likeness (QED) is 0.852. The number of nitrogens with one attached hydrogen (secondary N) is 2. The summed E-state index contributed by atoms with van der Waals surface area (Å²) in [5.74, 6) is 0.651. The van der Waals surface area contributed by atoms with Crippen molar-refractivity contribution in [2.24, 2.45) is 13.0 Å². The Morgan fingerprint density at radius 1 is 1.47 bits per heavy atom. The number of H-pyrrole nitrogens is 1. The zero-order valence-corrected chi connectivity index (χ0v) is 12.7. The second-order valence-corrected chi connectivity index (χ2v) is 5.99. The van der Waals surface area contributed by atoms with Crippen molar-refractivity contribution in [3.05, 3.63) is 23.7 Å². The van der Waals surface area contributed by atoms with Crippen molar-refractivity contribution in [2.75, 3.05) is 6.54 Å². The van der Waals surface area contributed by atoms with Crippen LogP contribution in [0.4, 0.5) is 0 Å². The molecule has 2 N–H and O–H groups in total. The van der Waals surface area contributed by atoms with Crippen LogP contribution < -0.4 is 5.32 Å². The van der Waals surface area contributed by atoms with E-state index < -0.39 is 0 Å². The lowest BCUT2D eigenvalue weighted by atomic mass is 10.2. The fourth-order valence-corrected chi connectivity index (χ4v) is 2.84. The SMILES string of the molecule is Cc1nn(C)c(Sc2ncc[nH]2)c1CNCC(C)C. The molecule has 2 aromatic rings. The Hall–Kier alpha value is -1.27. The Morgan fingerprint density at radius 3 is 2.89 bits per heavy atom. The molecule has 0 radical (unpaired) electrons. The largest absolute Gasteiger partial charge is 0.339 e. The van der Waals surface area contributed by atoms with Crippen LogP contribution in [0.3, 0.4) is 0 Å². The van der Waals surface area contributed by atoms with Crippen molar-refractivity contribution in [2.45, 2.75) is 37.5 Å². The van der Waals surface area contributed by atoms with Gasteiger partial charge < -0.3 is 10.3 Å². The van der Waals surface area contributed by atoms with Gasteiger partial charge >= 0.3 is 0 Å². The molecule has 0 bridgehead atoms. The average molecular weight is 279 g/mol. The van der Waals surface area contributed by atoms with Gasteiger partial charge in [0.15, 0.2) is 5.16 Å². The average Bonchev–Trinajstić information content (AvgIpc) is 2.92. The van der Waals surface area contributed by atoms with Gasteiger partial charge in [-0.15, -0.1) is 0 Å². The number of rotatable bonds is 6. The molecule has 0 saturated carbocycles. The van der Waals surface area contributed by atoms with Gasteiger partial charge in [-0.05, 0) is 31.1 Å². The molecule has 104 valence electrons. The third-order valence-corrected chi connectivity index (χ3v) is 3.93. The normalized spacial score (nSPS) is 11.4. The highest BCUT2D eigenvalue weighted by molar-refractivity contribution is 7.99. The molecule has 0 unspecified atom stereocenters. The molecule has 19 heavy (non-hydrogen) atoms. The van der Waals surface area contributed by atoms with Crippen LogP contribution in [0.1, 0.15) is 25.1 Å². The van der Waals surface area contributed by atoms with Crippen molar-refractivity contribution in [1.29, 1.82) is 0 Å². The van der Waals surface area contributed by atoms with E-state index >= 15 is 0 Å². The first-order chi connectivity index (χ1) is 9.08. The lowest BCUT2D eigenvalue weighted by Crippen LogP contribution is -2.19. The summed E-state index contributed by atoms with van der Waals surface area (Å²) in [4.78, 5) is 7.37. The molecule has 2 heterocycles. The zero-order valence-electron chi connectivity index (χ0n) is 11.9. The van der Waals surface area contributed by atoms with E-state index in [9.17, 15) is 0 Å². The minimum atomic E-state index is 0.651. The number of imidazole rings is 1. The van der Waals surface area contributed by atoms with Crippen LogP contribution in [-0.2, 0) is 13.6 Å². The Labute approximate surface area is 118 Å². The van der Waals surface area contributed by atoms with Crippen molar-refractivity contribution in [1.82, 2.24) is 25.1 Å². The number of hydrogen-bond acceptors (Lipinski definition) is 4. The molecule has 0 amide bonds. The number of hydrogen-bond donors (Lipinski definition) is 2. The van der Waals surface area contributed by atoms with E-state index in [-0.39, 0.29) is 0 Å². The smallest absolute Gasteiger partial charge is 0.171 e. The van der Waals surface area contributed by atoms with Crippen LogP contribution >= 0.6 is 11.8 Å². The monoisotopic (exact) mass is 279 g/mol. The molecule has 0 aromatic carbocycles. The summed E-state index contributed by atoms with van der Waals surface area (Å²) in [5, 5.41) is 10.0. The summed E-state index contributed by atoms with van der Waals surface area (Å²) in [6, 6.07) is 0. The van der Waals surface area contributed by atoms with Gasteiger partial charge in [0.25, 0.3) is 0 Å². The summed E-state index contributed by atoms with van der Waals surface area (Å²) >= 11 is 1.62. The molecular formula is C13H21N5S. The zero-order chi connectivity index (χ0) is 13.8. The second-order valence-electron chi connectivity index (χ2n) is 5.01. The van der Waals surface area contributed by atoms with Crippen molar-refractivity contribution >= 4 is 11.8 Å².